The molecule has 0 amide bonds. The lowest BCUT2D eigenvalue weighted by molar-refractivity contribution is -0.136. The molecule has 0 radical (unpaired) electrons. The van der Waals surface area contributed by atoms with Gasteiger partial charge in [0.05, 0.1) is 30.5 Å². The first-order chi connectivity index (χ1) is 13.4. The molecule has 1 fully saturated rings. The van der Waals surface area contributed by atoms with Gasteiger partial charge in [0, 0.05) is 12.8 Å². The quantitative estimate of drug-likeness (QED) is 0.358. The molecule has 6 heteroatoms. The summed E-state index contributed by atoms with van der Waals surface area (Å²) in [5, 5.41) is 38.8. The van der Waals surface area contributed by atoms with Crippen LogP contribution in [0.3, 0.4) is 0 Å². The minimum Gasteiger partial charge on any atom is -0.481 e. The second-order valence-electron chi connectivity index (χ2n) is 6.92. The third kappa shape index (κ3) is 10.6. The summed E-state index contributed by atoms with van der Waals surface area (Å²) in [6, 6.07) is 0. The number of aliphatic hydroxyl groups excluding tert-OH is 3. The van der Waals surface area contributed by atoms with E-state index in [1.165, 1.54) is 6.08 Å². The van der Waals surface area contributed by atoms with E-state index in [0.717, 1.165) is 12.8 Å². The number of aliphatic carboxylic acids is 1. The van der Waals surface area contributed by atoms with E-state index in [1.807, 2.05) is 12.2 Å². The van der Waals surface area contributed by atoms with Gasteiger partial charge >= 0.3 is 5.97 Å². The summed E-state index contributed by atoms with van der Waals surface area (Å²) in [4.78, 5) is 10.5. The van der Waals surface area contributed by atoms with Crippen LogP contribution in [0.2, 0.25) is 0 Å². The third-order valence-corrected chi connectivity index (χ3v) is 4.44. The number of rotatable bonds is 13. The molecule has 0 aromatic carbocycles. The SMILES string of the molecule is CC/C=C\C/C=C\C[C@@H](O)/C=C/[C@H](O)[C@H]1C[C@@H](O)[C@@H](C/C=C\CCC(=O)O)O1. The Kier molecular flexibility index (Phi) is 12.4. The summed E-state index contributed by atoms with van der Waals surface area (Å²) < 4.78 is 5.71. The molecule has 1 rings (SSSR count). The van der Waals surface area contributed by atoms with Crippen LogP contribution >= 0.6 is 0 Å². The number of carbonyl (C=O) groups is 1. The normalized spacial score (nSPS) is 25.5. The van der Waals surface area contributed by atoms with E-state index in [4.69, 9.17) is 9.84 Å². The molecule has 0 bridgehead atoms. The first-order valence-corrected chi connectivity index (χ1v) is 9.98. The van der Waals surface area contributed by atoms with Gasteiger partial charge < -0.3 is 25.2 Å². The van der Waals surface area contributed by atoms with E-state index in [2.05, 4.69) is 19.1 Å². The Labute approximate surface area is 167 Å². The largest absolute Gasteiger partial charge is 0.481 e. The number of carboxylic acids is 1. The number of ether oxygens (including phenoxy) is 1. The van der Waals surface area contributed by atoms with Crippen LogP contribution < -0.4 is 0 Å². The van der Waals surface area contributed by atoms with Crippen molar-refractivity contribution in [3.63, 3.8) is 0 Å². The Morgan fingerprint density at radius 1 is 1.11 bits per heavy atom. The molecule has 6 nitrogen and oxygen atoms in total. The molecule has 0 saturated carbocycles. The zero-order valence-electron chi connectivity index (χ0n) is 16.6. The zero-order chi connectivity index (χ0) is 20.8. The van der Waals surface area contributed by atoms with Crippen molar-refractivity contribution in [2.45, 2.75) is 82.4 Å². The van der Waals surface area contributed by atoms with Crippen LogP contribution in [0.25, 0.3) is 0 Å². The lowest BCUT2D eigenvalue weighted by Gasteiger charge is -2.16. The van der Waals surface area contributed by atoms with Crippen molar-refractivity contribution in [2.75, 3.05) is 0 Å². The summed E-state index contributed by atoms with van der Waals surface area (Å²) >= 11 is 0. The predicted octanol–water partition coefficient (Wildman–Crippen LogP) is 2.90. The Balaban J connectivity index is 2.33. The highest BCUT2D eigenvalue weighted by Gasteiger charge is 2.36. The molecule has 1 aliphatic heterocycles. The van der Waals surface area contributed by atoms with E-state index >= 15 is 0 Å². The number of hydrogen-bond acceptors (Lipinski definition) is 5. The van der Waals surface area contributed by atoms with Crippen molar-refractivity contribution in [3.8, 4) is 0 Å². The van der Waals surface area contributed by atoms with Crippen LogP contribution in [0.5, 0.6) is 0 Å². The molecule has 28 heavy (non-hydrogen) atoms. The first kappa shape index (κ1) is 24.3. The maximum absolute atomic E-state index is 10.5. The minimum absolute atomic E-state index is 0.0731. The second kappa shape index (κ2) is 14.3. The van der Waals surface area contributed by atoms with Gasteiger partial charge in [-0.25, -0.2) is 0 Å². The van der Waals surface area contributed by atoms with Crippen molar-refractivity contribution in [3.05, 3.63) is 48.6 Å². The number of aliphatic hydroxyl groups is 3. The summed E-state index contributed by atoms with van der Waals surface area (Å²) in [5.74, 6) is -0.845. The molecule has 0 spiro atoms. The Hall–Kier alpha value is -1.73. The van der Waals surface area contributed by atoms with E-state index in [0.29, 0.717) is 25.7 Å². The molecule has 0 aromatic rings. The lowest BCUT2D eigenvalue weighted by Crippen LogP contribution is -2.24. The smallest absolute Gasteiger partial charge is 0.303 e. The van der Waals surface area contributed by atoms with Gasteiger partial charge in [-0.05, 0) is 32.1 Å². The van der Waals surface area contributed by atoms with E-state index in [-0.39, 0.29) is 6.42 Å². The maximum atomic E-state index is 10.5. The monoisotopic (exact) mass is 394 g/mol. The van der Waals surface area contributed by atoms with Gasteiger partial charge in [0.15, 0.2) is 0 Å². The van der Waals surface area contributed by atoms with Crippen molar-refractivity contribution < 1.29 is 30.0 Å². The van der Waals surface area contributed by atoms with Crippen LogP contribution in [0.15, 0.2) is 48.6 Å². The van der Waals surface area contributed by atoms with Gasteiger partial charge in [0.1, 0.15) is 0 Å². The van der Waals surface area contributed by atoms with Gasteiger partial charge in [0.2, 0.25) is 0 Å². The molecular weight excluding hydrogens is 360 g/mol. The first-order valence-electron chi connectivity index (χ1n) is 9.98. The minimum atomic E-state index is -0.901. The van der Waals surface area contributed by atoms with Gasteiger partial charge in [-0.1, -0.05) is 55.5 Å². The molecular formula is C22H34O6. The van der Waals surface area contributed by atoms with E-state index in [9.17, 15) is 20.1 Å². The topological polar surface area (TPSA) is 107 Å². The fourth-order valence-electron chi connectivity index (χ4n) is 2.87. The van der Waals surface area contributed by atoms with Crippen LogP contribution in [-0.4, -0.2) is 56.9 Å². The molecule has 0 aromatic heterocycles. The van der Waals surface area contributed by atoms with Crippen molar-refractivity contribution in [1.29, 1.82) is 0 Å². The highest BCUT2D eigenvalue weighted by Crippen LogP contribution is 2.26. The zero-order valence-corrected chi connectivity index (χ0v) is 16.6. The Morgan fingerprint density at radius 2 is 1.86 bits per heavy atom. The molecule has 158 valence electrons. The van der Waals surface area contributed by atoms with Gasteiger partial charge in [-0.15, -0.1) is 0 Å². The summed E-state index contributed by atoms with van der Waals surface area (Å²) in [7, 11) is 0. The van der Waals surface area contributed by atoms with Crippen LogP contribution in [0, 0.1) is 0 Å². The molecule has 1 heterocycles. The van der Waals surface area contributed by atoms with Crippen molar-refractivity contribution in [2.24, 2.45) is 0 Å². The summed E-state index contributed by atoms with van der Waals surface area (Å²) in [6.07, 6.45) is 15.1. The third-order valence-electron chi connectivity index (χ3n) is 4.44. The maximum Gasteiger partial charge on any atom is 0.303 e. The fourth-order valence-corrected chi connectivity index (χ4v) is 2.87. The van der Waals surface area contributed by atoms with Gasteiger partial charge in [0.25, 0.3) is 0 Å². The van der Waals surface area contributed by atoms with Crippen molar-refractivity contribution in [1.82, 2.24) is 0 Å². The second-order valence-corrected chi connectivity index (χ2v) is 6.92. The lowest BCUT2D eigenvalue weighted by atomic mass is 10.0. The molecule has 5 atom stereocenters. The van der Waals surface area contributed by atoms with Gasteiger partial charge in [-0.2, -0.15) is 0 Å². The molecule has 1 saturated heterocycles. The summed E-state index contributed by atoms with van der Waals surface area (Å²) in [6.45, 7) is 2.08. The number of carboxylic acid groups (broad SMARTS) is 1. The highest BCUT2D eigenvalue weighted by molar-refractivity contribution is 5.66. The fraction of sp³-hybridized carbons (Fsp3) is 0.591. The van der Waals surface area contributed by atoms with Crippen molar-refractivity contribution >= 4 is 5.97 Å². The average molecular weight is 395 g/mol. The molecule has 1 aliphatic rings. The van der Waals surface area contributed by atoms with Crippen LogP contribution in [0.4, 0.5) is 0 Å². The Bertz CT molecular complexity index is 551. The van der Waals surface area contributed by atoms with Crippen LogP contribution in [0.1, 0.15) is 51.9 Å². The highest BCUT2D eigenvalue weighted by atomic mass is 16.5. The summed E-state index contributed by atoms with van der Waals surface area (Å²) in [5.41, 5.74) is 0. The predicted molar refractivity (Wildman–Crippen MR) is 109 cm³/mol. The van der Waals surface area contributed by atoms with Gasteiger partial charge in [-0.3, -0.25) is 4.79 Å². The molecule has 0 unspecified atom stereocenters. The molecule has 0 aliphatic carbocycles. The van der Waals surface area contributed by atoms with Crippen LogP contribution in [-0.2, 0) is 9.53 Å². The average Bonchev–Trinajstić information content (AvgIpc) is 3.03. The molecule has 4 N–H and O–H groups in total. The number of hydrogen-bond donors (Lipinski definition) is 4. The van der Waals surface area contributed by atoms with E-state index in [1.54, 1.807) is 18.2 Å². The Morgan fingerprint density at radius 3 is 2.57 bits per heavy atom. The number of allylic oxidation sites excluding steroid dienone is 4. The van der Waals surface area contributed by atoms with E-state index < -0.39 is 36.5 Å². The standard InChI is InChI=1S/C22H34O6/c1-2-3-4-5-6-8-11-17(23)14-15-18(24)21-16-19(25)20(28-21)12-9-7-10-13-22(26)27/h3-4,6-9,14-15,17-21,23-25H,2,5,10-13,16H2,1H3,(H,26,27)/b4-3-,8-6-,9-7-,15-14+/t17-,18+,19-,20-,21-/m1/s1.